The van der Waals surface area contributed by atoms with Crippen LogP contribution in [0.3, 0.4) is 0 Å². The summed E-state index contributed by atoms with van der Waals surface area (Å²) in [6.07, 6.45) is 3.66. The van der Waals surface area contributed by atoms with E-state index in [0.29, 0.717) is 25.3 Å². The van der Waals surface area contributed by atoms with Gasteiger partial charge in [0.2, 0.25) is 5.91 Å². The number of ether oxygens (including phenoxy) is 1. The second-order valence-corrected chi connectivity index (χ2v) is 8.39. The van der Waals surface area contributed by atoms with E-state index in [0.717, 1.165) is 55.3 Å². The lowest BCUT2D eigenvalue weighted by molar-refractivity contribution is -0.126. The molecule has 1 aromatic carbocycles. The van der Waals surface area contributed by atoms with Crippen LogP contribution in [0.2, 0.25) is 0 Å². The fourth-order valence-corrected chi connectivity index (χ4v) is 3.97. The van der Waals surface area contributed by atoms with Crippen LogP contribution < -0.4 is 10.9 Å². The van der Waals surface area contributed by atoms with Gasteiger partial charge in [-0.3, -0.25) is 9.69 Å². The van der Waals surface area contributed by atoms with Crippen LogP contribution in [0.15, 0.2) is 33.5 Å². The van der Waals surface area contributed by atoms with Crippen molar-refractivity contribution in [2.75, 3.05) is 26.2 Å². The molecule has 3 rings (SSSR count). The van der Waals surface area contributed by atoms with Gasteiger partial charge in [0.1, 0.15) is 5.58 Å². The van der Waals surface area contributed by atoms with Crippen LogP contribution in [-0.4, -0.2) is 43.2 Å². The molecule has 1 aliphatic rings. The monoisotopic (exact) mass is 414 g/mol. The smallest absolute Gasteiger partial charge is 0.336 e. The Bertz CT molecular complexity index is 898. The average molecular weight is 415 g/mol. The first-order valence-corrected chi connectivity index (χ1v) is 11.1. The van der Waals surface area contributed by atoms with Crippen molar-refractivity contribution in [3.05, 3.63) is 45.8 Å². The molecule has 0 radical (unpaired) electrons. The SMILES string of the molecule is CCc1ccc2c(CN3CCC(C(=O)NCCCOC(C)C)CC3)cc(=O)oc2c1. The van der Waals surface area contributed by atoms with Crippen molar-refractivity contribution in [1.29, 1.82) is 0 Å². The lowest BCUT2D eigenvalue weighted by atomic mass is 9.95. The highest BCUT2D eigenvalue weighted by atomic mass is 16.5. The molecule has 0 atom stereocenters. The second-order valence-electron chi connectivity index (χ2n) is 8.39. The first-order valence-electron chi connectivity index (χ1n) is 11.1. The van der Waals surface area contributed by atoms with Crippen LogP contribution in [-0.2, 0) is 22.5 Å². The molecule has 2 heterocycles. The standard InChI is InChI=1S/C24H34N2O4/c1-4-18-6-7-21-20(15-23(27)30-22(21)14-18)16-26-11-8-19(9-12-26)24(28)25-10-5-13-29-17(2)3/h6-7,14-15,17,19H,4-5,8-13,16H2,1-3H3,(H,25,28). The predicted octanol–water partition coefficient (Wildman–Crippen LogP) is 3.50. The third kappa shape index (κ3) is 6.16. The zero-order chi connectivity index (χ0) is 21.5. The quantitative estimate of drug-likeness (QED) is 0.502. The minimum absolute atomic E-state index is 0.0666. The van der Waals surface area contributed by atoms with Crippen LogP contribution in [0, 0.1) is 5.92 Å². The molecule has 30 heavy (non-hydrogen) atoms. The van der Waals surface area contributed by atoms with E-state index in [2.05, 4.69) is 29.3 Å². The third-order valence-corrected chi connectivity index (χ3v) is 5.73. The summed E-state index contributed by atoms with van der Waals surface area (Å²) < 4.78 is 10.9. The van der Waals surface area contributed by atoms with Crippen LogP contribution in [0.5, 0.6) is 0 Å². The summed E-state index contributed by atoms with van der Waals surface area (Å²) in [6, 6.07) is 7.71. The maximum absolute atomic E-state index is 12.4. The third-order valence-electron chi connectivity index (χ3n) is 5.73. The van der Waals surface area contributed by atoms with Gasteiger partial charge in [-0.05, 0) is 69.8 Å². The maximum atomic E-state index is 12.4. The number of nitrogens with zero attached hydrogens (tertiary/aromatic N) is 1. The molecule has 0 spiro atoms. The number of carbonyl (C=O) groups is 1. The molecule has 1 saturated heterocycles. The number of likely N-dealkylation sites (tertiary alicyclic amines) is 1. The number of amides is 1. The number of piperidine rings is 1. The molecular weight excluding hydrogens is 380 g/mol. The molecule has 6 nitrogen and oxygen atoms in total. The van der Waals surface area contributed by atoms with E-state index in [1.807, 2.05) is 19.9 Å². The summed E-state index contributed by atoms with van der Waals surface area (Å²) in [5.41, 5.74) is 2.51. The van der Waals surface area contributed by atoms with Gasteiger partial charge < -0.3 is 14.5 Å². The number of nitrogens with one attached hydrogen (secondary N) is 1. The lowest BCUT2D eigenvalue weighted by Gasteiger charge is -2.31. The molecule has 164 valence electrons. The molecule has 0 aliphatic carbocycles. The largest absolute Gasteiger partial charge is 0.423 e. The molecule has 0 bridgehead atoms. The molecule has 1 N–H and O–H groups in total. The van der Waals surface area contributed by atoms with Crippen molar-refractivity contribution in [3.8, 4) is 0 Å². The van der Waals surface area contributed by atoms with E-state index >= 15 is 0 Å². The van der Waals surface area contributed by atoms with E-state index in [-0.39, 0.29) is 23.6 Å². The van der Waals surface area contributed by atoms with Crippen molar-refractivity contribution in [2.45, 2.75) is 59.1 Å². The van der Waals surface area contributed by atoms with Gasteiger partial charge in [0.25, 0.3) is 0 Å². The minimum Gasteiger partial charge on any atom is -0.423 e. The van der Waals surface area contributed by atoms with Crippen molar-refractivity contribution in [2.24, 2.45) is 5.92 Å². The molecule has 1 fully saturated rings. The van der Waals surface area contributed by atoms with E-state index in [1.165, 1.54) is 0 Å². The Morgan fingerprint density at radius 3 is 2.73 bits per heavy atom. The number of hydrogen-bond acceptors (Lipinski definition) is 5. The molecular formula is C24H34N2O4. The number of fused-ring (bicyclic) bond motifs is 1. The minimum atomic E-state index is -0.304. The lowest BCUT2D eigenvalue weighted by Crippen LogP contribution is -2.40. The van der Waals surface area contributed by atoms with E-state index < -0.39 is 0 Å². The molecule has 2 aromatic rings. The summed E-state index contributed by atoms with van der Waals surface area (Å²) in [5, 5.41) is 4.04. The Balaban J connectivity index is 1.51. The number of rotatable bonds is 9. The predicted molar refractivity (Wildman–Crippen MR) is 119 cm³/mol. The topological polar surface area (TPSA) is 71.8 Å². The molecule has 0 unspecified atom stereocenters. The van der Waals surface area contributed by atoms with Gasteiger partial charge in [-0.1, -0.05) is 19.1 Å². The van der Waals surface area contributed by atoms with Gasteiger partial charge in [-0.25, -0.2) is 4.79 Å². The highest BCUT2D eigenvalue weighted by Crippen LogP contribution is 2.23. The highest BCUT2D eigenvalue weighted by molar-refractivity contribution is 5.81. The van der Waals surface area contributed by atoms with Crippen molar-refractivity contribution < 1.29 is 13.9 Å². The van der Waals surface area contributed by atoms with Gasteiger partial charge in [0.15, 0.2) is 0 Å². The maximum Gasteiger partial charge on any atom is 0.336 e. The van der Waals surface area contributed by atoms with Gasteiger partial charge in [0.05, 0.1) is 6.10 Å². The second kappa shape index (κ2) is 10.7. The van der Waals surface area contributed by atoms with Crippen LogP contribution in [0.1, 0.15) is 51.2 Å². The Morgan fingerprint density at radius 1 is 1.27 bits per heavy atom. The summed E-state index contributed by atoms with van der Waals surface area (Å²) >= 11 is 0. The van der Waals surface area contributed by atoms with Crippen LogP contribution >= 0.6 is 0 Å². The summed E-state index contributed by atoms with van der Waals surface area (Å²) in [7, 11) is 0. The van der Waals surface area contributed by atoms with E-state index in [4.69, 9.17) is 9.15 Å². The molecule has 0 saturated carbocycles. The Morgan fingerprint density at radius 2 is 2.03 bits per heavy atom. The molecule has 6 heteroatoms. The summed E-state index contributed by atoms with van der Waals surface area (Å²) in [6.45, 7) is 9.86. The average Bonchev–Trinajstić information content (AvgIpc) is 2.73. The first-order chi connectivity index (χ1) is 14.5. The van der Waals surface area contributed by atoms with E-state index in [1.54, 1.807) is 6.07 Å². The number of benzene rings is 1. The Hall–Kier alpha value is -2.18. The summed E-state index contributed by atoms with van der Waals surface area (Å²) in [4.78, 5) is 26.8. The fourth-order valence-electron chi connectivity index (χ4n) is 3.97. The van der Waals surface area contributed by atoms with Gasteiger partial charge in [0, 0.05) is 37.1 Å². The number of aryl methyl sites for hydroxylation is 1. The van der Waals surface area contributed by atoms with Crippen molar-refractivity contribution in [3.63, 3.8) is 0 Å². The van der Waals surface area contributed by atoms with Crippen molar-refractivity contribution in [1.82, 2.24) is 10.2 Å². The van der Waals surface area contributed by atoms with Crippen molar-refractivity contribution >= 4 is 16.9 Å². The van der Waals surface area contributed by atoms with Gasteiger partial charge >= 0.3 is 5.63 Å². The number of hydrogen-bond donors (Lipinski definition) is 1. The molecule has 1 amide bonds. The Labute approximate surface area is 178 Å². The first kappa shape index (κ1) is 22.5. The normalized spacial score (nSPS) is 15.7. The fraction of sp³-hybridized carbons (Fsp3) is 0.583. The Kier molecular flexibility index (Phi) is 8.05. The van der Waals surface area contributed by atoms with Crippen LogP contribution in [0.4, 0.5) is 0 Å². The van der Waals surface area contributed by atoms with Crippen LogP contribution in [0.25, 0.3) is 11.0 Å². The van der Waals surface area contributed by atoms with Gasteiger partial charge in [-0.15, -0.1) is 0 Å². The highest BCUT2D eigenvalue weighted by Gasteiger charge is 2.25. The molecule has 1 aromatic heterocycles. The summed E-state index contributed by atoms with van der Waals surface area (Å²) in [5.74, 6) is 0.217. The van der Waals surface area contributed by atoms with E-state index in [9.17, 15) is 9.59 Å². The molecule has 1 aliphatic heterocycles. The zero-order valence-corrected chi connectivity index (χ0v) is 18.4. The number of carbonyl (C=O) groups excluding carboxylic acids is 1. The van der Waals surface area contributed by atoms with Gasteiger partial charge in [-0.2, -0.15) is 0 Å². The zero-order valence-electron chi connectivity index (χ0n) is 18.4.